The molecule has 2 aromatic rings. The number of urea groups is 1. The van der Waals surface area contributed by atoms with E-state index in [9.17, 15) is 9.59 Å². The van der Waals surface area contributed by atoms with E-state index < -0.39 is 12.1 Å². The Morgan fingerprint density at radius 1 is 1.28 bits per heavy atom. The molecule has 152 valence electrons. The highest BCUT2D eigenvalue weighted by atomic mass is 35.5. The molecule has 0 aliphatic carbocycles. The molecule has 29 heavy (non-hydrogen) atoms. The minimum atomic E-state index is -0.622. The van der Waals surface area contributed by atoms with Gasteiger partial charge in [0.05, 0.1) is 11.4 Å². The number of rotatable bonds is 6. The summed E-state index contributed by atoms with van der Waals surface area (Å²) in [4.78, 5) is 31.2. The molecule has 2 atom stereocenters. The lowest BCUT2D eigenvalue weighted by molar-refractivity contribution is -0.120. The minimum absolute atomic E-state index is 0.0533. The molecular formula is C22H25ClN4O2. The van der Waals surface area contributed by atoms with Crippen molar-refractivity contribution in [2.45, 2.75) is 26.3 Å². The van der Waals surface area contributed by atoms with Crippen LogP contribution in [-0.4, -0.2) is 36.8 Å². The molecule has 2 aromatic carbocycles. The van der Waals surface area contributed by atoms with Crippen LogP contribution in [0.25, 0.3) is 0 Å². The van der Waals surface area contributed by atoms with Crippen molar-refractivity contribution in [3.8, 4) is 0 Å². The number of primary amides is 1. The van der Waals surface area contributed by atoms with Crippen molar-refractivity contribution in [1.82, 2.24) is 5.32 Å². The van der Waals surface area contributed by atoms with Crippen LogP contribution in [0.3, 0.4) is 0 Å². The van der Waals surface area contributed by atoms with Gasteiger partial charge in [0, 0.05) is 29.2 Å². The topological polar surface area (TPSA) is 87.8 Å². The number of fused-ring (bicyclic) bond motifs is 1. The largest absolute Gasteiger partial charge is 0.352 e. The molecule has 1 aliphatic heterocycles. The highest BCUT2D eigenvalue weighted by molar-refractivity contribution is 6.32. The zero-order valence-electron chi connectivity index (χ0n) is 16.6. The third-order valence-corrected chi connectivity index (χ3v) is 5.39. The average molecular weight is 413 g/mol. The number of nitrogens with zero attached hydrogens (tertiary/aromatic N) is 2. The molecule has 0 radical (unpaired) electrons. The summed E-state index contributed by atoms with van der Waals surface area (Å²) < 4.78 is 0. The van der Waals surface area contributed by atoms with Crippen LogP contribution >= 0.6 is 11.6 Å². The zero-order valence-corrected chi connectivity index (χ0v) is 17.3. The summed E-state index contributed by atoms with van der Waals surface area (Å²) in [6, 6.07) is 14.1. The van der Waals surface area contributed by atoms with Crippen LogP contribution in [0, 0.1) is 5.92 Å². The normalized spacial score (nSPS) is 17.2. The summed E-state index contributed by atoms with van der Waals surface area (Å²) in [5.41, 5.74) is 8.37. The number of carbonyl (C=O) groups excluding carboxylic acids is 2. The molecule has 6 nitrogen and oxygen atoms in total. The Kier molecular flexibility index (Phi) is 6.54. The van der Waals surface area contributed by atoms with Gasteiger partial charge in [-0.2, -0.15) is 0 Å². The van der Waals surface area contributed by atoms with Crippen molar-refractivity contribution in [2.75, 3.05) is 18.0 Å². The molecule has 0 saturated carbocycles. The first-order chi connectivity index (χ1) is 13.9. The molecule has 1 aliphatic rings. The Morgan fingerprint density at radius 3 is 2.66 bits per heavy atom. The van der Waals surface area contributed by atoms with Gasteiger partial charge >= 0.3 is 6.03 Å². The van der Waals surface area contributed by atoms with Gasteiger partial charge in [0.2, 0.25) is 0 Å². The smallest absolute Gasteiger partial charge is 0.312 e. The lowest BCUT2D eigenvalue weighted by atomic mass is 9.98. The number of anilines is 1. The standard InChI is InChI=1S/C22H25ClN4O2/c1-3-14(2)19-21(28)27(12-11-25-22(24)29)18-10-9-16(23)13-17(18)20(26-19)15-7-5-4-6-8-15/h4-10,13-14,19H,3,11-12H2,1-2H3,(H3,24,25,29)/t14-,19-/m0/s1. The lowest BCUT2D eigenvalue weighted by Gasteiger charge is -2.27. The van der Waals surface area contributed by atoms with Gasteiger partial charge in [0.25, 0.3) is 5.91 Å². The van der Waals surface area contributed by atoms with Crippen LogP contribution in [0.15, 0.2) is 53.5 Å². The van der Waals surface area contributed by atoms with E-state index in [0.29, 0.717) is 11.6 Å². The Hall–Kier alpha value is -2.86. The molecule has 0 saturated heterocycles. The maximum atomic E-state index is 13.5. The number of benzodiazepines with no additional fused rings is 1. The van der Waals surface area contributed by atoms with Crippen LogP contribution in [-0.2, 0) is 4.79 Å². The van der Waals surface area contributed by atoms with Gasteiger partial charge in [-0.05, 0) is 24.1 Å². The van der Waals surface area contributed by atoms with Crippen molar-refractivity contribution in [3.05, 3.63) is 64.7 Å². The van der Waals surface area contributed by atoms with Gasteiger partial charge in [-0.3, -0.25) is 9.79 Å². The van der Waals surface area contributed by atoms with Crippen molar-refractivity contribution >= 4 is 34.9 Å². The molecule has 0 aromatic heterocycles. The summed E-state index contributed by atoms with van der Waals surface area (Å²) in [6.45, 7) is 4.61. The van der Waals surface area contributed by atoms with Gasteiger partial charge in [-0.1, -0.05) is 62.2 Å². The van der Waals surface area contributed by atoms with Gasteiger partial charge in [0.15, 0.2) is 0 Å². The lowest BCUT2D eigenvalue weighted by Crippen LogP contribution is -2.45. The summed E-state index contributed by atoms with van der Waals surface area (Å²) in [5, 5.41) is 3.13. The molecule has 7 heteroatoms. The molecule has 0 spiro atoms. The molecule has 3 amide bonds. The number of carbonyl (C=O) groups is 2. The molecule has 1 heterocycles. The number of halogens is 1. The fraction of sp³-hybridized carbons (Fsp3) is 0.318. The molecular weight excluding hydrogens is 388 g/mol. The Balaban J connectivity index is 2.15. The Bertz CT molecular complexity index is 930. The minimum Gasteiger partial charge on any atom is -0.352 e. The van der Waals surface area contributed by atoms with E-state index in [2.05, 4.69) is 5.32 Å². The summed E-state index contributed by atoms with van der Waals surface area (Å²) >= 11 is 6.31. The van der Waals surface area contributed by atoms with Crippen LogP contribution in [0.2, 0.25) is 5.02 Å². The third kappa shape index (κ3) is 4.59. The van der Waals surface area contributed by atoms with E-state index in [1.54, 1.807) is 11.0 Å². The number of aliphatic imine (C=N–C) groups is 1. The van der Waals surface area contributed by atoms with Gasteiger partial charge in [-0.15, -0.1) is 0 Å². The number of benzene rings is 2. The average Bonchev–Trinajstić information content (AvgIpc) is 2.83. The summed E-state index contributed by atoms with van der Waals surface area (Å²) in [7, 11) is 0. The SMILES string of the molecule is CC[C@H](C)[C@@H]1N=C(c2ccccc2)c2cc(Cl)ccc2N(CCNC(N)=O)C1=O. The molecule has 0 fully saturated rings. The quantitative estimate of drug-likeness (QED) is 0.759. The number of nitrogens with two attached hydrogens (primary N) is 1. The van der Waals surface area contributed by atoms with Crippen molar-refractivity contribution < 1.29 is 9.59 Å². The summed E-state index contributed by atoms with van der Waals surface area (Å²) in [5.74, 6) is -0.0438. The Labute approximate surface area is 175 Å². The first-order valence-electron chi connectivity index (χ1n) is 9.70. The van der Waals surface area contributed by atoms with Crippen LogP contribution in [0.1, 0.15) is 31.4 Å². The molecule has 3 rings (SSSR count). The molecule has 3 N–H and O–H groups in total. The monoisotopic (exact) mass is 412 g/mol. The second-order valence-corrected chi connectivity index (χ2v) is 7.55. The van der Waals surface area contributed by atoms with Crippen molar-refractivity contribution in [1.29, 1.82) is 0 Å². The highest BCUT2D eigenvalue weighted by Gasteiger charge is 2.34. The van der Waals surface area contributed by atoms with Crippen LogP contribution < -0.4 is 16.0 Å². The number of amides is 3. The number of hydrogen-bond donors (Lipinski definition) is 2. The molecule has 0 bridgehead atoms. The van der Waals surface area contributed by atoms with E-state index >= 15 is 0 Å². The van der Waals surface area contributed by atoms with E-state index in [4.69, 9.17) is 22.3 Å². The van der Waals surface area contributed by atoms with Gasteiger partial charge < -0.3 is 16.0 Å². The maximum absolute atomic E-state index is 13.5. The maximum Gasteiger partial charge on any atom is 0.312 e. The second-order valence-electron chi connectivity index (χ2n) is 7.12. The first-order valence-corrected chi connectivity index (χ1v) is 10.1. The van der Waals surface area contributed by atoms with E-state index in [1.165, 1.54) is 0 Å². The highest BCUT2D eigenvalue weighted by Crippen LogP contribution is 2.32. The van der Waals surface area contributed by atoms with Gasteiger partial charge in [-0.25, -0.2) is 4.79 Å². The molecule has 0 unspecified atom stereocenters. The second kappa shape index (κ2) is 9.09. The van der Waals surface area contributed by atoms with Crippen LogP contribution in [0.4, 0.5) is 10.5 Å². The van der Waals surface area contributed by atoms with Gasteiger partial charge in [0.1, 0.15) is 6.04 Å². The van der Waals surface area contributed by atoms with Crippen LogP contribution in [0.5, 0.6) is 0 Å². The van der Waals surface area contributed by atoms with Crippen molar-refractivity contribution in [3.63, 3.8) is 0 Å². The third-order valence-electron chi connectivity index (χ3n) is 5.16. The predicted octanol–water partition coefficient (Wildman–Crippen LogP) is 3.61. The van der Waals surface area contributed by atoms with E-state index in [-0.39, 0.29) is 18.4 Å². The van der Waals surface area contributed by atoms with E-state index in [0.717, 1.165) is 28.9 Å². The summed E-state index contributed by atoms with van der Waals surface area (Å²) in [6.07, 6.45) is 0.812. The number of nitrogens with one attached hydrogen (secondary N) is 1. The van der Waals surface area contributed by atoms with E-state index in [1.807, 2.05) is 56.3 Å². The zero-order chi connectivity index (χ0) is 21.0. The number of hydrogen-bond acceptors (Lipinski definition) is 3. The fourth-order valence-corrected chi connectivity index (χ4v) is 3.59. The fourth-order valence-electron chi connectivity index (χ4n) is 3.42. The van der Waals surface area contributed by atoms with Crippen molar-refractivity contribution in [2.24, 2.45) is 16.6 Å². The first kappa shape index (κ1) is 20.9. The predicted molar refractivity (Wildman–Crippen MR) is 117 cm³/mol. The Morgan fingerprint density at radius 2 is 2.00 bits per heavy atom.